The third-order valence-corrected chi connectivity index (χ3v) is 7.01. The zero-order valence-electron chi connectivity index (χ0n) is 17.8. The predicted molar refractivity (Wildman–Crippen MR) is 121 cm³/mol. The first-order valence-corrected chi connectivity index (χ1v) is 11.6. The van der Waals surface area contributed by atoms with E-state index in [1.54, 1.807) is 41.4 Å². The average molecular weight is 453 g/mol. The van der Waals surface area contributed by atoms with E-state index in [1.807, 2.05) is 0 Å². The van der Waals surface area contributed by atoms with E-state index in [2.05, 4.69) is 9.88 Å². The molecule has 0 spiro atoms. The highest BCUT2D eigenvalue weighted by Crippen LogP contribution is 2.32. The molecule has 7 nitrogen and oxygen atoms in total. The van der Waals surface area contributed by atoms with Gasteiger partial charge in [0.05, 0.1) is 16.1 Å². The van der Waals surface area contributed by atoms with Crippen LogP contribution in [0.25, 0.3) is 0 Å². The Hall–Kier alpha value is -2.93. The number of anilines is 1. The number of aromatic nitrogens is 1. The molecule has 0 atom stereocenters. The third-order valence-electron chi connectivity index (χ3n) is 6.71. The lowest BCUT2D eigenvalue weighted by molar-refractivity contribution is 0.0548. The number of amides is 3. The monoisotopic (exact) mass is 452 g/mol. The van der Waals surface area contributed by atoms with E-state index in [0.29, 0.717) is 47.9 Å². The van der Waals surface area contributed by atoms with Crippen molar-refractivity contribution in [2.75, 3.05) is 31.1 Å². The number of benzene rings is 1. The van der Waals surface area contributed by atoms with E-state index < -0.39 is 0 Å². The Morgan fingerprint density at radius 3 is 2.38 bits per heavy atom. The van der Waals surface area contributed by atoms with E-state index in [9.17, 15) is 14.4 Å². The lowest BCUT2D eigenvalue weighted by atomic mass is 9.94. The Kier molecular flexibility index (Phi) is 5.59. The van der Waals surface area contributed by atoms with Gasteiger partial charge < -0.3 is 9.80 Å². The molecule has 1 aromatic carbocycles. The molecule has 1 aromatic heterocycles. The van der Waals surface area contributed by atoms with Crippen LogP contribution >= 0.6 is 11.6 Å². The van der Waals surface area contributed by atoms with E-state index in [0.717, 1.165) is 37.9 Å². The van der Waals surface area contributed by atoms with Crippen LogP contribution in [0.4, 0.5) is 5.82 Å². The van der Waals surface area contributed by atoms with E-state index in [4.69, 9.17) is 11.6 Å². The first kappa shape index (κ1) is 20.9. The molecule has 1 saturated carbocycles. The molecule has 0 unspecified atom stereocenters. The molecular formula is C24H25ClN4O3. The second kappa shape index (κ2) is 8.54. The summed E-state index contributed by atoms with van der Waals surface area (Å²) in [4.78, 5) is 48.7. The van der Waals surface area contributed by atoms with Gasteiger partial charge in [-0.2, -0.15) is 0 Å². The number of hydrogen-bond donors (Lipinski definition) is 0. The lowest BCUT2D eigenvalue weighted by Gasteiger charge is -2.35. The molecule has 3 aliphatic rings. The molecule has 8 heteroatoms. The summed E-state index contributed by atoms with van der Waals surface area (Å²) in [7, 11) is 0. The van der Waals surface area contributed by atoms with Crippen molar-refractivity contribution in [1.29, 1.82) is 0 Å². The number of halogens is 1. The Balaban J connectivity index is 1.30. The van der Waals surface area contributed by atoms with E-state index in [-0.39, 0.29) is 23.8 Å². The predicted octanol–water partition coefficient (Wildman–Crippen LogP) is 3.63. The smallest absolute Gasteiger partial charge is 0.261 e. The second-order valence-corrected chi connectivity index (χ2v) is 9.03. The Bertz CT molecular complexity index is 1070. The summed E-state index contributed by atoms with van der Waals surface area (Å²) >= 11 is 6.25. The number of imide groups is 1. The van der Waals surface area contributed by atoms with Gasteiger partial charge in [-0.15, -0.1) is 0 Å². The molecule has 166 valence electrons. The van der Waals surface area contributed by atoms with Crippen LogP contribution in [-0.4, -0.2) is 64.7 Å². The Morgan fingerprint density at radius 2 is 1.66 bits per heavy atom. The standard InChI is InChI=1S/C24H25ClN4O3/c25-20-7-4-10-26-21(20)27-11-13-28(14-12-27)22(30)16-8-9-18-19(15-16)24(32)29(23(18)31)17-5-2-1-3-6-17/h4,7-10,15,17H,1-3,5-6,11-14H2. The van der Waals surface area contributed by atoms with Crippen LogP contribution in [-0.2, 0) is 0 Å². The third kappa shape index (κ3) is 3.64. The number of pyridine rings is 1. The molecule has 0 radical (unpaired) electrons. The van der Waals surface area contributed by atoms with Crippen molar-refractivity contribution in [2.24, 2.45) is 0 Å². The number of fused-ring (bicyclic) bond motifs is 1. The van der Waals surface area contributed by atoms with Gasteiger partial charge in [-0.3, -0.25) is 19.3 Å². The van der Waals surface area contributed by atoms with Crippen molar-refractivity contribution in [3.05, 3.63) is 58.2 Å². The van der Waals surface area contributed by atoms with Gasteiger partial charge in [0.25, 0.3) is 17.7 Å². The summed E-state index contributed by atoms with van der Waals surface area (Å²) in [5.41, 5.74) is 1.21. The van der Waals surface area contributed by atoms with Gasteiger partial charge >= 0.3 is 0 Å². The van der Waals surface area contributed by atoms with Gasteiger partial charge in [0.15, 0.2) is 0 Å². The molecule has 0 N–H and O–H groups in total. The lowest BCUT2D eigenvalue weighted by Crippen LogP contribution is -2.49. The summed E-state index contributed by atoms with van der Waals surface area (Å²) in [6.07, 6.45) is 6.66. The van der Waals surface area contributed by atoms with E-state index >= 15 is 0 Å². The molecule has 5 rings (SSSR count). The Morgan fingerprint density at radius 1 is 0.938 bits per heavy atom. The molecule has 0 bridgehead atoms. The van der Waals surface area contributed by atoms with E-state index in [1.165, 1.54) is 4.90 Å². The highest BCUT2D eigenvalue weighted by Gasteiger charge is 2.40. The van der Waals surface area contributed by atoms with Crippen LogP contribution < -0.4 is 4.90 Å². The molecule has 3 heterocycles. The van der Waals surface area contributed by atoms with Gasteiger partial charge in [-0.05, 0) is 43.2 Å². The zero-order chi connectivity index (χ0) is 22.2. The number of hydrogen-bond acceptors (Lipinski definition) is 5. The topological polar surface area (TPSA) is 73.8 Å². The van der Waals surface area contributed by atoms with Crippen molar-refractivity contribution in [3.8, 4) is 0 Å². The number of carbonyl (C=O) groups excluding carboxylic acids is 3. The fourth-order valence-corrected chi connectivity index (χ4v) is 5.22. The maximum atomic E-state index is 13.1. The number of carbonyl (C=O) groups is 3. The van der Waals surface area contributed by atoms with Crippen LogP contribution in [0.3, 0.4) is 0 Å². The first-order chi connectivity index (χ1) is 15.5. The van der Waals surface area contributed by atoms with Gasteiger partial charge in [-0.1, -0.05) is 30.9 Å². The largest absolute Gasteiger partial charge is 0.352 e. The van der Waals surface area contributed by atoms with Gasteiger partial charge in [0.1, 0.15) is 5.82 Å². The molecule has 2 aliphatic heterocycles. The average Bonchev–Trinajstić information content (AvgIpc) is 3.09. The van der Waals surface area contributed by atoms with Gasteiger partial charge in [0.2, 0.25) is 0 Å². The minimum Gasteiger partial charge on any atom is -0.352 e. The van der Waals surface area contributed by atoms with Crippen molar-refractivity contribution < 1.29 is 14.4 Å². The SMILES string of the molecule is O=C(c1ccc2c(c1)C(=O)N(C1CCCCC1)C2=O)N1CCN(c2ncccc2Cl)CC1. The summed E-state index contributed by atoms with van der Waals surface area (Å²) in [6.45, 7) is 2.31. The highest BCUT2D eigenvalue weighted by molar-refractivity contribution is 6.32. The summed E-state index contributed by atoms with van der Waals surface area (Å²) in [5, 5.41) is 0.594. The highest BCUT2D eigenvalue weighted by atomic mass is 35.5. The maximum Gasteiger partial charge on any atom is 0.261 e. The maximum absolute atomic E-state index is 13.1. The molecule has 32 heavy (non-hydrogen) atoms. The first-order valence-electron chi connectivity index (χ1n) is 11.2. The summed E-state index contributed by atoms with van der Waals surface area (Å²) in [5.74, 6) is 0.111. The van der Waals surface area contributed by atoms with Crippen LogP contribution in [0.1, 0.15) is 63.2 Å². The van der Waals surface area contributed by atoms with Crippen LogP contribution in [0.15, 0.2) is 36.5 Å². The minimum atomic E-state index is -0.263. The van der Waals surface area contributed by atoms with Crippen molar-refractivity contribution in [2.45, 2.75) is 38.1 Å². The second-order valence-electron chi connectivity index (χ2n) is 8.62. The van der Waals surface area contributed by atoms with Gasteiger partial charge in [0, 0.05) is 44.0 Å². The summed E-state index contributed by atoms with van der Waals surface area (Å²) in [6, 6.07) is 8.47. The van der Waals surface area contributed by atoms with Crippen LogP contribution in [0.2, 0.25) is 5.02 Å². The summed E-state index contributed by atoms with van der Waals surface area (Å²) < 4.78 is 0. The number of rotatable bonds is 3. The molecule has 1 aliphatic carbocycles. The van der Waals surface area contributed by atoms with Gasteiger partial charge in [-0.25, -0.2) is 4.98 Å². The fourth-order valence-electron chi connectivity index (χ4n) is 4.98. The zero-order valence-corrected chi connectivity index (χ0v) is 18.6. The number of nitrogens with zero attached hydrogens (tertiary/aromatic N) is 4. The Labute approximate surface area is 192 Å². The normalized spacial score (nSPS) is 19.5. The molecule has 2 aromatic rings. The molecule has 1 saturated heterocycles. The fraction of sp³-hybridized carbons (Fsp3) is 0.417. The van der Waals surface area contributed by atoms with Crippen LogP contribution in [0, 0.1) is 0 Å². The van der Waals surface area contributed by atoms with Crippen LogP contribution in [0.5, 0.6) is 0 Å². The molecule has 2 fully saturated rings. The quantitative estimate of drug-likeness (QED) is 0.665. The van der Waals surface area contributed by atoms with Crippen molar-refractivity contribution in [3.63, 3.8) is 0 Å². The molecular weight excluding hydrogens is 428 g/mol. The molecule has 3 amide bonds. The van der Waals surface area contributed by atoms with Crippen molar-refractivity contribution in [1.82, 2.24) is 14.8 Å². The number of piperazine rings is 1. The van der Waals surface area contributed by atoms with Crippen molar-refractivity contribution >= 4 is 35.1 Å². The minimum absolute atomic E-state index is 0.0261.